The lowest BCUT2D eigenvalue weighted by atomic mass is 9.92. The van der Waals surface area contributed by atoms with E-state index < -0.39 is 0 Å². The Balaban J connectivity index is 2.17. The molecule has 76 valence electrons. The van der Waals surface area contributed by atoms with Crippen molar-refractivity contribution in [3.05, 3.63) is 24.0 Å². The van der Waals surface area contributed by atoms with Gasteiger partial charge in [-0.2, -0.15) is 0 Å². The molecular weight excluding hydrogens is 174 g/mol. The highest BCUT2D eigenvalue weighted by Crippen LogP contribution is 2.29. The summed E-state index contributed by atoms with van der Waals surface area (Å²) in [6.45, 7) is 6.49. The summed E-state index contributed by atoms with van der Waals surface area (Å²) in [4.78, 5) is 4.36. The minimum atomic E-state index is 0.100. The van der Waals surface area contributed by atoms with Crippen LogP contribution in [0.3, 0.4) is 0 Å². The molecule has 0 aliphatic heterocycles. The molecular formula is C12H17NO. The van der Waals surface area contributed by atoms with Gasteiger partial charge in [0, 0.05) is 23.4 Å². The highest BCUT2D eigenvalue weighted by Gasteiger charge is 2.24. The number of ether oxygens (including phenoxy) is 1. The molecule has 0 radical (unpaired) electrons. The highest BCUT2D eigenvalue weighted by atomic mass is 16.5. The SMILES string of the molecule is CC(C)(C)c1cc(OC2CC2)ccn1. The average molecular weight is 191 g/mol. The fourth-order valence-corrected chi connectivity index (χ4v) is 1.27. The van der Waals surface area contributed by atoms with Crippen molar-refractivity contribution in [3.8, 4) is 5.75 Å². The molecule has 1 saturated carbocycles. The first-order chi connectivity index (χ1) is 6.55. The van der Waals surface area contributed by atoms with Crippen LogP contribution in [0.5, 0.6) is 5.75 Å². The van der Waals surface area contributed by atoms with Crippen LogP contribution in [0.4, 0.5) is 0 Å². The quantitative estimate of drug-likeness (QED) is 0.717. The van der Waals surface area contributed by atoms with Gasteiger partial charge in [-0.3, -0.25) is 4.98 Å². The van der Waals surface area contributed by atoms with Crippen LogP contribution in [0.25, 0.3) is 0 Å². The lowest BCUT2D eigenvalue weighted by Crippen LogP contribution is -2.13. The third kappa shape index (κ3) is 2.25. The van der Waals surface area contributed by atoms with Crippen molar-refractivity contribution < 1.29 is 4.74 Å². The standard InChI is InChI=1S/C12H17NO/c1-12(2,3)11-8-10(6-7-13-11)14-9-4-5-9/h6-9H,4-5H2,1-3H3. The van der Waals surface area contributed by atoms with Crippen LogP contribution in [0.2, 0.25) is 0 Å². The molecule has 0 spiro atoms. The largest absolute Gasteiger partial charge is 0.490 e. The van der Waals surface area contributed by atoms with Gasteiger partial charge in [0.1, 0.15) is 5.75 Å². The molecule has 2 rings (SSSR count). The molecule has 1 aromatic heterocycles. The zero-order chi connectivity index (χ0) is 10.2. The normalized spacial score (nSPS) is 16.8. The monoisotopic (exact) mass is 191 g/mol. The maximum Gasteiger partial charge on any atom is 0.123 e. The third-order valence-corrected chi connectivity index (χ3v) is 2.33. The molecule has 1 fully saturated rings. The fourth-order valence-electron chi connectivity index (χ4n) is 1.27. The van der Waals surface area contributed by atoms with Gasteiger partial charge in [0.05, 0.1) is 6.10 Å². The molecule has 0 aromatic carbocycles. The van der Waals surface area contributed by atoms with Crippen molar-refractivity contribution in [3.63, 3.8) is 0 Å². The molecule has 1 aliphatic rings. The van der Waals surface area contributed by atoms with Crippen LogP contribution < -0.4 is 4.74 Å². The minimum Gasteiger partial charge on any atom is -0.490 e. The van der Waals surface area contributed by atoms with Crippen molar-refractivity contribution in [1.29, 1.82) is 0 Å². The van der Waals surface area contributed by atoms with E-state index in [0.717, 1.165) is 11.4 Å². The second kappa shape index (κ2) is 3.26. The Hall–Kier alpha value is -1.05. The summed E-state index contributed by atoms with van der Waals surface area (Å²) in [6, 6.07) is 3.99. The molecule has 2 heteroatoms. The van der Waals surface area contributed by atoms with E-state index in [1.54, 1.807) is 0 Å². The Kier molecular flexibility index (Phi) is 2.22. The Morgan fingerprint density at radius 1 is 1.36 bits per heavy atom. The average Bonchev–Trinajstić information content (AvgIpc) is 2.87. The first-order valence-electron chi connectivity index (χ1n) is 5.19. The summed E-state index contributed by atoms with van der Waals surface area (Å²) in [7, 11) is 0. The first kappa shape index (κ1) is 9.50. The third-order valence-electron chi connectivity index (χ3n) is 2.33. The van der Waals surface area contributed by atoms with Crippen LogP contribution in [0.1, 0.15) is 39.3 Å². The Morgan fingerprint density at radius 3 is 2.64 bits per heavy atom. The molecule has 1 aromatic rings. The number of hydrogen-bond acceptors (Lipinski definition) is 2. The van der Waals surface area contributed by atoms with Crippen molar-refractivity contribution in [1.82, 2.24) is 4.98 Å². The lowest BCUT2D eigenvalue weighted by Gasteiger charge is -2.18. The Bertz CT molecular complexity index is 323. The van der Waals surface area contributed by atoms with Crippen LogP contribution in [0, 0.1) is 0 Å². The molecule has 0 unspecified atom stereocenters. The van der Waals surface area contributed by atoms with Gasteiger partial charge in [0.15, 0.2) is 0 Å². The topological polar surface area (TPSA) is 22.1 Å². The molecule has 0 saturated heterocycles. The predicted molar refractivity (Wildman–Crippen MR) is 56.6 cm³/mol. The van der Waals surface area contributed by atoms with Gasteiger partial charge < -0.3 is 4.74 Å². The first-order valence-corrected chi connectivity index (χ1v) is 5.19. The Labute approximate surface area is 85.3 Å². The van der Waals surface area contributed by atoms with Crippen molar-refractivity contribution >= 4 is 0 Å². The molecule has 2 nitrogen and oxygen atoms in total. The zero-order valence-corrected chi connectivity index (χ0v) is 9.08. The number of hydrogen-bond donors (Lipinski definition) is 0. The molecule has 0 amide bonds. The second-order valence-electron chi connectivity index (χ2n) is 4.94. The van der Waals surface area contributed by atoms with E-state index in [4.69, 9.17) is 4.74 Å². The molecule has 0 atom stereocenters. The van der Waals surface area contributed by atoms with Gasteiger partial charge in [-0.25, -0.2) is 0 Å². The van der Waals surface area contributed by atoms with Gasteiger partial charge in [0.2, 0.25) is 0 Å². The second-order valence-corrected chi connectivity index (χ2v) is 4.94. The summed E-state index contributed by atoms with van der Waals surface area (Å²) in [6.07, 6.45) is 4.70. The number of aromatic nitrogens is 1. The van der Waals surface area contributed by atoms with E-state index in [2.05, 4.69) is 31.8 Å². The molecule has 0 N–H and O–H groups in total. The molecule has 1 heterocycles. The van der Waals surface area contributed by atoms with Crippen LogP contribution in [-0.4, -0.2) is 11.1 Å². The van der Waals surface area contributed by atoms with Gasteiger partial charge in [-0.1, -0.05) is 20.8 Å². The maximum absolute atomic E-state index is 5.72. The number of rotatable bonds is 2. The van der Waals surface area contributed by atoms with E-state index in [9.17, 15) is 0 Å². The van der Waals surface area contributed by atoms with Gasteiger partial charge in [-0.05, 0) is 18.9 Å². The summed E-state index contributed by atoms with van der Waals surface area (Å²) in [5.41, 5.74) is 1.19. The van der Waals surface area contributed by atoms with Gasteiger partial charge >= 0.3 is 0 Å². The van der Waals surface area contributed by atoms with Crippen LogP contribution in [0.15, 0.2) is 18.3 Å². The summed E-state index contributed by atoms with van der Waals surface area (Å²) < 4.78 is 5.72. The van der Waals surface area contributed by atoms with E-state index in [-0.39, 0.29) is 5.41 Å². The number of pyridine rings is 1. The molecule has 14 heavy (non-hydrogen) atoms. The molecule has 1 aliphatic carbocycles. The summed E-state index contributed by atoms with van der Waals surface area (Å²) in [5, 5.41) is 0. The van der Waals surface area contributed by atoms with Gasteiger partial charge in [0.25, 0.3) is 0 Å². The molecule has 0 bridgehead atoms. The van der Waals surface area contributed by atoms with Crippen LogP contribution >= 0.6 is 0 Å². The van der Waals surface area contributed by atoms with Crippen molar-refractivity contribution in [2.24, 2.45) is 0 Å². The van der Waals surface area contributed by atoms with E-state index in [1.807, 2.05) is 12.3 Å². The van der Waals surface area contributed by atoms with Gasteiger partial charge in [-0.15, -0.1) is 0 Å². The summed E-state index contributed by atoms with van der Waals surface area (Å²) >= 11 is 0. The summed E-state index contributed by atoms with van der Waals surface area (Å²) in [5.74, 6) is 0.965. The number of nitrogens with zero attached hydrogens (tertiary/aromatic N) is 1. The van der Waals surface area contributed by atoms with E-state index >= 15 is 0 Å². The minimum absolute atomic E-state index is 0.100. The zero-order valence-electron chi connectivity index (χ0n) is 9.08. The smallest absolute Gasteiger partial charge is 0.123 e. The highest BCUT2D eigenvalue weighted by molar-refractivity contribution is 5.26. The maximum atomic E-state index is 5.72. The van der Waals surface area contributed by atoms with Crippen LogP contribution in [-0.2, 0) is 5.41 Å². The lowest BCUT2D eigenvalue weighted by molar-refractivity contribution is 0.301. The van der Waals surface area contributed by atoms with Crippen molar-refractivity contribution in [2.45, 2.75) is 45.1 Å². The van der Waals surface area contributed by atoms with Crippen molar-refractivity contribution in [2.75, 3.05) is 0 Å². The predicted octanol–water partition coefficient (Wildman–Crippen LogP) is 2.92. The Morgan fingerprint density at radius 2 is 2.07 bits per heavy atom. The fraction of sp³-hybridized carbons (Fsp3) is 0.583. The van der Waals surface area contributed by atoms with E-state index in [0.29, 0.717) is 6.10 Å². The van der Waals surface area contributed by atoms with E-state index in [1.165, 1.54) is 12.8 Å².